The number of ether oxygens (including phenoxy) is 1. The van der Waals surface area contributed by atoms with E-state index < -0.39 is 11.4 Å². The summed E-state index contributed by atoms with van der Waals surface area (Å²) in [5.41, 5.74) is 0.547. The van der Waals surface area contributed by atoms with E-state index in [4.69, 9.17) is 9.84 Å². The molecule has 21 heavy (non-hydrogen) atoms. The minimum Gasteiger partial charge on any atom is -0.497 e. The molecule has 5 nitrogen and oxygen atoms in total. The summed E-state index contributed by atoms with van der Waals surface area (Å²) in [6.07, 6.45) is 0.899. The van der Waals surface area contributed by atoms with E-state index in [0.29, 0.717) is 13.0 Å². The second kappa shape index (κ2) is 7.67. The smallest absolute Gasteiger partial charge is 0.303 e. The predicted octanol–water partition coefficient (Wildman–Crippen LogP) is 2.24. The molecule has 0 fully saturated rings. The van der Waals surface area contributed by atoms with Gasteiger partial charge in [0.15, 0.2) is 0 Å². The number of carbonyl (C=O) groups is 2. The summed E-state index contributed by atoms with van der Waals surface area (Å²) in [6.45, 7) is 4.08. The van der Waals surface area contributed by atoms with E-state index >= 15 is 0 Å². The largest absolute Gasteiger partial charge is 0.497 e. The van der Waals surface area contributed by atoms with Crippen molar-refractivity contribution in [1.29, 1.82) is 0 Å². The normalized spacial score (nSPS) is 11.0. The average Bonchev–Trinajstić information content (AvgIpc) is 2.36. The Morgan fingerprint density at radius 1 is 1.29 bits per heavy atom. The maximum atomic E-state index is 11.8. The first-order chi connectivity index (χ1) is 9.82. The van der Waals surface area contributed by atoms with Crippen LogP contribution in [0.5, 0.6) is 5.75 Å². The fourth-order valence-corrected chi connectivity index (χ4v) is 2.14. The lowest BCUT2D eigenvalue weighted by molar-refractivity contribution is -0.139. The second-order valence-electron chi connectivity index (χ2n) is 5.86. The van der Waals surface area contributed by atoms with Gasteiger partial charge >= 0.3 is 5.97 Å². The van der Waals surface area contributed by atoms with Crippen molar-refractivity contribution in [2.24, 2.45) is 5.41 Å². The van der Waals surface area contributed by atoms with Crippen molar-refractivity contribution in [3.8, 4) is 5.75 Å². The average molecular weight is 293 g/mol. The molecular weight excluding hydrogens is 270 g/mol. The van der Waals surface area contributed by atoms with Gasteiger partial charge in [-0.1, -0.05) is 26.0 Å². The molecule has 0 aliphatic rings. The summed E-state index contributed by atoms with van der Waals surface area (Å²) in [7, 11) is 1.62. The first kappa shape index (κ1) is 17.0. The van der Waals surface area contributed by atoms with Crippen LogP contribution < -0.4 is 10.1 Å². The van der Waals surface area contributed by atoms with Gasteiger partial charge in [0.2, 0.25) is 5.91 Å². The van der Waals surface area contributed by atoms with Crippen LogP contribution in [0, 0.1) is 5.41 Å². The minimum atomic E-state index is -0.885. The number of nitrogens with one attached hydrogen (secondary N) is 1. The molecule has 0 heterocycles. The van der Waals surface area contributed by atoms with Gasteiger partial charge in [0.05, 0.1) is 13.5 Å². The lowest BCUT2D eigenvalue weighted by Gasteiger charge is -2.21. The molecule has 1 aromatic carbocycles. The number of benzene rings is 1. The zero-order chi connectivity index (χ0) is 15.9. The summed E-state index contributed by atoms with van der Waals surface area (Å²) in [4.78, 5) is 22.5. The van der Waals surface area contributed by atoms with Crippen LogP contribution in [0.1, 0.15) is 32.3 Å². The van der Waals surface area contributed by atoms with Crippen LogP contribution in [-0.2, 0) is 16.0 Å². The fourth-order valence-electron chi connectivity index (χ4n) is 2.14. The highest BCUT2D eigenvalue weighted by Gasteiger charge is 2.24. The van der Waals surface area contributed by atoms with E-state index in [1.165, 1.54) is 0 Å². The third-order valence-corrected chi connectivity index (χ3v) is 3.14. The van der Waals surface area contributed by atoms with Crippen molar-refractivity contribution < 1.29 is 19.4 Å². The molecule has 0 saturated heterocycles. The Hall–Kier alpha value is -2.04. The predicted molar refractivity (Wildman–Crippen MR) is 80.4 cm³/mol. The molecule has 0 aliphatic heterocycles. The maximum absolute atomic E-state index is 11.8. The Bertz CT molecular complexity index is 497. The summed E-state index contributed by atoms with van der Waals surface area (Å²) in [6, 6.07) is 7.69. The number of methoxy groups -OCH3 is 1. The third-order valence-electron chi connectivity index (χ3n) is 3.14. The van der Waals surface area contributed by atoms with Gasteiger partial charge in [0.1, 0.15) is 5.75 Å². The third kappa shape index (κ3) is 6.79. The Kier molecular flexibility index (Phi) is 6.21. The highest BCUT2D eigenvalue weighted by atomic mass is 16.5. The lowest BCUT2D eigenvalue weighted by Crippen LogP contribution is -2.31. The topological polar surface area (TPSA) is 75.6 Å². The van der Waals surface area contributed by atoms with Crippen LogP contribution in [0.2, 0.25) is 0 Å². The number of carboxylic acids is 1. The van der Waals surface area contributed by atoms with Gasteiger partial charge < -0.3 is 15.2 Å². The monoisotopic (exact) mass is 293 g/mol. The molecule has 1 rings (SSSR count). The molecule has 1 aromatic rings. The van der Waals surface area contributed by atoms with Crippen molar-refractivity contribution in [3.63, 3.8) is 0 Å². The molecule has 2 N–H and O–H groups in total. The Balaban J connectivity index is 2.38. The zero-order valence-corrected chi connectivity index (χ0v) is 12.8. The minimum absolute atomic E-state index is 0.0176. The van der Waals surface area contributed by atoms with Gasteiger partial charge in [-0.2, -0.15) is 0 Å². The van der Waals surface area contributed by atoms with Crippen molar-refractivity contribution in [2.75, 3.05) is 13.7 Å². The van der Waals surface area contributed by atoms with Crippen molar-refractivity contribution >= 4 is 11.9 Å². The summed E-state index contributed by atoms with van der Waals surface area (Å²) in [5, 5.41) is 11.6. The number of hydrogen-bond acceptors (Lipinski definition) is 3. The van der Waals surface area contributed by atoms with Gasteiger partial charge in [-0.05, 0) is 29.5 Å². The van der Waals surface area contributed by atoms with Crippen LogP contribution >= 0.6 is 0 Å². The van der Waals surface area contributed by atoms with Gasteiger partial charge in [0, 0.05) is 13.0 Å². The fraction of sp³-hybridized carbons (Fsp3) is 0.500. The van der Waals surface area contributed by atoms with Crippen molar-refractivity contribution in [3.05, 3.63) is 29.8 Å². The summed E-state index contributed by atoms with van der Waals surface area (Å²) in [5.74, 6) is -0.213. The SMILES string of the molecule is COc1cccc(CCNC(=O)CC(C)(C)CC(=O)O)c1. The lowest BCUT2D eigenvalue weighted by atomic mass is 9.85. The number of hydrogen-bond donors (Lipinski definition) is 2. The quantitative estimate of drug-likeness (QED) is 0.771. The first-order valence-corrected chi connectivity index (χ1v) is 6.94. The van der Waals surface area contributed by atoms with Gasteiger partial charge in [-0.3, -0.25) is 9.59 Å². The summed E-state index contributed by atoms with van der Waals surface area (Å²) >= 11 is 0. The second-order valence-corrected chi connectivity index (χ2v) is 5.86. The van der Waals surface area contributed by atoms with Gasteiger partial charge in [0.25, 0.3) is 0 Å². The summed E-state index contributed by atoms with van der Waals surface area (Å²) < 4.78 is 5.14. The van der Waals surface area contributed by atoms with Gasteiger partial charge in [-0.15, -0.1) is 0 Å². The number of carboxylic acid groups (broad SMARTS) is 1. The molecule has 0 aromatic heterocycles. The molecule has 0 atom stereocenters. The molecule has 0 bridgehead atoms. The van der Waals surface area contributed by atoms with Crippen molar-refractivity contribution in [2.45, 2.75) is 33.1 Å². The Morgan fingerprint density at radius 2 is 2.00 bits per heavy atom. The molecule has 0 aliphatic carbocycles. The highest BCUT2D eigenvalue weighted by molar-refractivity contribution is 5.77. The molecule has 5 heteroatoms. The van der Waals surface area contributed by atoms with Crippen LogP contribution in [0.15, 0.2) is 24.3 Å². The van der Waals surface area contributed by atoms with Crippen LogP contribution in [-0.4, -0.2) is 30.6 Å². The molecule has 116 valence electrons. The number of carbonyl (C=O) groups excluding carboxylic acids is 1. The van der Waals surface area contributed by atoms with E-state index in [1.807, 2.05) is 24.3 Å². The Labute approximate surface area is 125 Å². The standard InChI is InChI=1S/C16H23NO4/c1-16(2,11-15(19)20)10-14(18)17-8-7-12-5-4-6-13(9-12)21-3/h4-6,9H,7-8,10-11H2,1-3H3,(H,17,18)(H,19,20). The number of rotatable bonds is 8. The number of aliphatic carboxylic acids is 1. The molecule has 0 spiro atoms. The van der Waals surface area contributed by atoms with E-state index in [9.17, 15) is 9.59 Å². The van der Waals surface area contributed by atoms with Crippen LogP contribution in [0.4, 0.5) is 0 Å². The Morgan fingerprint density at radius 3 is 2.62 bits per heavy atom. The van der Waals surface area contributed by atoms with E-state index in [1.54, 1.807) is 21.0 Å². The van der Waals surface area contributed by atoms with E-state index in [-0.39, 0.29) is 18.7 Å². The van der Waals surface area contributed by atoms with Crippen molar-refractivity contribution in [1.82, 2.24) is 5.32 Å². The molecule has 0 saturated carbocycles. The van der Waals surface area contributed by atoms with Crippen LogP contribution in [0.3, 0.4) is 0 Å². The molecule has 0 unspecified atom stereocenters. The highest BCUT2D eigenvalue weighted by Crippen LogP contribution is 2.24. The van der Waals surface area contributed by atoms with Crippen LogP contribution in [0.25, 0.3) is 0 Å². The van der Waals surface area contributed by atoms with Gasteiger partial charge in [-0.25, -0.2) is 0 Å². The maximum Gasteiger partial charge on any atom is 0.303 e. The van der Waals surface area contributed by atoms with E-state index in [2.05, 4.69) is 5.32 Å². The molecule has 0 radical (unpaired) electrons. The molecule has 1 amide bonds. The zero-order valence-electron chi connectivity index (χ0n) is 12.8. The van der Waals surface area contributed by atoms with E-state index in [0.717, 1.165) is 11.3 Å². The molecular formula is C16H23NO4. The number of amides is 1. The first-order valence-electron chi connectivity index (χ1n) is 6.94.